The van der Waals surface area contributed by atoms with Crippen molar-refractivity contribution in [2.24, 2.45) is 0 Å². The van der Waals surface area contributed by atoms with Gasteiger partial charge in [0.05, 0.1) is 10.9 Å². The summed E-state index contributed by atoms with van der Waals surface area (Å²) < 4.78 is 13.4. The first-order valence-electron chi connectivity index (χ1n) is 4.01. The molecule has 0 fully saturated rings. The van der Waals surface area contributed by atoms with Crippen LogP contribution in [0.2, 0.25) is 0 Å². The molecule has 2 N–H and O–H groups in total. The summed E-state index contributed by atoms with van der Waals surface area (Å²) in [5.41, 5.74) is 0.560. The average Bonchev–Trinajstić information content (AvgIpc) is 2.12. The molecule has 0 unspecified atom stereocenters. The van der Waals surface area contributed by atoms with Crippen molar-refractivity contribution in [3.05, 3.63) is 38.6 Å². The molecule has 14 heavy (non-hydrogen) atoms. The van der Waals surface area contributed by atoms with Gasteiger partial charge in [-0.1, -0.05) is 0 Å². The lowest BCUT2D eigenvalue weighted by molar-refractivity contribution is 0.620. The quantitative estimate of drug-likeness (QED) is 0.654. The predicted octanol–water partition coefficient (Wildman–Crippen LogP) is 2.03. The van der Waals surface area contributed by atoms with E-state index in [4.69, 9.17) is 12.2 Å². The van der Waals surface area contributed by atoms with Crippen molar-refractivity contribution >= 4 is 23.1 Å². The highest BCUT2D eigenvalue weighted by atomic mass is 32.1. The van der Waals surface area contributed by atoms with E-state index in [0.29, 0.717) is 16.5 Å². The maximum Gasteiger partial charge on any atom is 0.259 e. The topological polar surface area (TPSA) is 48.6 Å². The molecule has 1 heterocycles. The van der Waals surface area contributed by atoms with Crippen molar-refractivity contribution < 1.29 is 4.39 Å². The third kappa shape index (κ3) is 1.26. The lowest BCUT2D eigenvalue weighted by atomic mass is 10.1. The number of aryl methyl sites for hydroxylation is 1. The van der Waals surface area contributed by atoms with Crippen LogP contribution in [0.25, 0.3) is 10.9 Å². The highest BCUT2D eigenvalue weighted by Crippen LogP contribution is 2.15. The fourth-order valence-electron chi connectivity index (χ4n) is 1.35. The molecule has 0 radical (unpaired) electrons. The van der Waals surface area contributed by atoms with Gasteiger partial charge >= 0.3 is 0 Å². The molecule has 0 saturated heterocycles. The first-order valence-corrected chi connectivity index (χ1v) is 4.42. The number of halogens is 1. The van der Waals surface area contributed by atoms with E-state index in [-0.39, 0.29) is 16.1 Å². The lowest BCUT2D eigenvalue weighted by Crippen LogP contribution is -2.08. The van der Waals surface area contributed by atoms with Crippen molar-refractivity contribution in [3.63, 3.8) is 0 Å². The van der Waals surface area contributed by atoms with Crippen LogP contribution in [0.4, 0.5) is 4.39 Å². The molecular weight excluding hydrogens is 203 g/mol. The maximum atomic E-state index is 13.1. The smallest absolute Gasteiger partial charge is 0.259 e. The minimum atomic E-state index is -0.353. The van der Waals surface area contributed by atoms with Crippen LogP contribution >= 0.6 is 12.2 Å². The van der Waals surface area contributed by atoms with Crippen LogP contribution in [-0.4, -0.2) is 9.97 Å². The first-order chi connectivity index (χ1) is 6.59. The zero-order valence-corrected chi connectivity index (χ0v) is 8.17. The summed E-state index contributed by atoms with van der Waals surface area (Å²) in [6, 6.07) is 2.70. The summed E-state index contributed by atoms with van der Waals surface area (Å²) in [5, 5.41) is 0.414. The Hall–Kier alpha value is -1.49. The molecule has 0 aliphatic heterocycles. The minimum Gasteiger partial charge on any atom is -0.331 e. The van der Waals surface area contributed by atoms with E-state index >= 15 is 0 Å². The highest BCUT2D eigenvalue weighted by Gasteiger charge is 2.05. The van der Waals surface area contributed by atoms with Gasteiger partial charge in [-0.25, -0.2) is 4.39 Å². The van der Waals surface area contributed by atoms with E-state index in [1.807, 2.05) is 0 Å². The zero-order chi connectivity index (χ0) is 10.3. The fourth-order valence-corrected chi connectivity index (χ4v) is 1.55. The van der Waals surface area contributed by atoms with Crippen molar-refractivity contribution in [1.82, 2.24) is 9.97 Å². The first kappa shape index (κ1) is 9.08. The lowest BCUT2D eigenvalue weighted by Gasteiger charge is -2.01. The van der Waals surface area contributed by atoms with Crippen LogP contribution in [0.3, 0.4) is 0 Å². The molecule has 2 aromatic rings. The summed E-state index contributed by atoms with van der Waals surface area (Å²) in [6.07, 6.45) is 0. The van der Waals surface area contributed by atoms with Crippen LogP contribution in [0.15, 0.2) is 16.9 Å². The van der Waals surface area contributed by atoms with Crippen LogP contribution in [-0.2, 0) is 0 Å². The Morgan fingerprint density at radius 2 is 2.07 bits per heavy atom. The molecule has 1 aromatic carbocycles. The number of hydrogen-bond donors (Lipinski definition) is 2. The maximum absolute atomic E-state index is 13.1. The van der Waals surface area contributed by atoms with Gasteiger partial charge in [-0.15, -0.1) is 0 Å². The van der Waals surface area contributed by atoms with Gasteiger partial charge in [0.1, 0.15) is 5.82 Å². The predicted molar refractivity (Wildman–Crippen MR) is 54.4 cm³/mol. The Balaban J connectivity index is 3.10. The normalized spacial score (nSPS) is 10.7. The Bertz CT molecular complexity index is 614. The third-order valence-corrected chi connectivity index (χ3v) is 2.31. The molecular formula is C9H7FN2OS. The molecule has 0 aliphatic carbocycles. The second-order valence-corrected chi connectivity index (χ2v) is 3.41. The molecule has 0 atom stereocenters. The largest absolute Gasteiger partial charge is 0.331 e. The van der Waals surface area contributed by atoms with Crippen molar-refractivity contribution in [2.45, 2.75) is 6.92 Å². The van der Waals surface area contributed by atoms with Gasteiger partial charge < -0.3 is 4.98 Å². The second kappa shape index (κ2) is 3.02. The Morgan fingerprint density at radius 1 is 1.36 bits per heavy atom. The van der Waals surface area contributed by atoms with E-state index in [1.165, 1.54) is 12.1 Å². The molecule has 0 amide bonds. The molecule has 0 spiro atoms. The Kier molecular flexibility index (Phi) is 1.96. The van der Waals surface area contributed by atoms with Gasteiger partial charge in [-0.2, -0.15) is 0 Å². The monoisotopic (exact) mass is 210 g/mol. The second-order valence-electron chi connectivity index (χ2n) is 3.00. The van der Waals surface area contributed by atoms with E-state index < -0.39 is 0 Å². The number of fused-ring (bicyclic) bond motifs is 1. The number of benzene rings is 1. The number of aromatic amines is 2. The van der Waals surface area contributed by atoms with Crippen LogP contribution in [0.1, 0.15) is 5.56 Å². The van der Waals surface area contributed by atoms with Gasteiger partial charge in [-0.05, 0) is 31.3 Å². The van der Waals surface area contributed by atoms with Crippen LogP contribution in [0, 0.1) is 17.5 Å². The molecule has 5 heteroatoms. The number of aromatic nitrogens is 2. The van der Waals surface area contributed by atoms with E-state index in [2.05, 4.69) is 9.97 Å². The molecule has 3 nitrogen and oxygen atoms in total. The molecule has 1 aromatic heterocycles. The van der Waals surface area contributed by atoms with Crippen molar-refractivity contribution in [1.29, 1.82) is 0 Å². The van der Waals surface area contributed by atoms with Gasteiger partial charge in [0, 0.05) is 5.56 Å². The zero-order valence-electron chi connectivity index (χ0n) is 7.35. The van der Waals surface area contributed by atoms with Crippen molar-refractivity contribution in [2.75, 3.05) is 0 Å². The molecule has 0 bridgehead atoms. The van der Waals surface area contributed by atoms with Gasteiger partial charge in [0.25, 0.3) is 5.56 Å². The number of nitrogens with one attached hydrogen (secondary N) is 2. The summed E-state index contributed by atoms with van der Waals surface area (Å²) in [7, 11) is 0. The van der Waals surface area contributed by atoms with E-state index in [9.17, 15) is 9.18 Å². The van der Waals surface area contributed by atoms with Gasteiger partial charge in [0.15, 0.2) is 4.77 Å². The summed E-state index contributed by atoms with van der Waals surface area (Å²) in [5.74, 6) is -0.353. The highest BCUT2D eigenvalue weighted by molar-refractivity contribution is 7.71. The SMILES string of the molecule is Cc1c(F)ccc2c(=O)[nH]c(=S)[nH]c12. The van der Waals surface area contributed by atoms with E-state index in [1.54, 1.807) is 6.92 Å². The summed E-state index contributed by atoms with van der Waals surface area (Å²) in [6.45, 7) is 1.60. The van der Waals surface area contributed by atoms with Gasteiger partial charge in [-0.3, -0.25) is 9.78 Å². The third-order valence-electron chi connectivity index (χ3n) is 2.11. The Labute approximate surface area is 83.6 Å². The molecule has 72 valence electrons. The minimum absolute atomic E-state index is 0.205. The summed E-state index contributed by atoms with van der Waals surface area (Å²) in [4.78, 5) is 16.6. The van der Waals surface area contributed by atoms with Crippen LogP contribution in [0.5, 0.6) is 0 Å². The average molecular weight is 210 g/mol. The standard InChI is InChI=1S/C9H7FN2OS/c1-4-6(10)3-2-5-7(4)11-9(14)12-8(5)13/h2-3H,1H3,(H2,11,12,13,14). The number of H-pyrrole nitrogens is 2. The molecule has 2 rings (SSSR count). The van der Waals surface area contributed by atoms with E-state index in [0.717, 1.165) is 0 Å². The molecule has 0 aliphatic rings. The van der Waals surface area contributed by atoms with Gasteiger partial charge in [0.2, 0.25) is 0 Å². The summed E-state index contributed by atoms with van der Waals surface area (Å²) >= 11 is 4.80. The molecule has 0 saturated carbocycles. The number of rotatable bonds is 0. The van der Waals surface area contributed by atoms with Crippen molar-refractivity contribution in [3.8, 4) is 0 Å². The fraction of sp³-hybridized carbons (Fsp3) is 0.111. The number of hydrogen-bond acceptors (Lipinski definition) is 2. The Morgan fingerprint density at radius 3 is 2.79 bits per heavy atom. The van der Waals surface area contributed by atoms with Crippen LogP contribution < -0.4 is 5.56 Å².